The lowest BCUT2D eigenvalue weighted by Gasteiger charge is -2.18. The van der Waals surface area contributed by atoms with Crippen LogP contribution in [-0.4, -0.2) is 37.2 Å². The molecule has 65 heavy (non-hydrogen) atoms. The topological polar surface area (TPSA) is 78.9 Å². The van der Waals surface area contributed by atoms with Crippen molar-refractivity contribution in [2.24, 2.45) is 0 Å². The summed E-state index contributed by atoms with van der Waals surface area (Å²) in [6.07, 6.45) is 68.6. The van der Waals surface area contributed by atoms with E-state index in [0.29, 0.717) is 19.3 Å². The van der Waals surface area contributed by atoms with Gasteiger partial charge in [-0.25, -0.2) is 0 Å². The highest BCUT2D eigenvalue weighted by Gasteiger charge is 2.19. The number of esters is 3. The van der Waals surface area contributed by atoms with Crippen molar-refractivity contribution in [2.75, 3.05) is 13.2 Å². The Hall–Kier alpha value is -3.41. The highest BCUT2D eigenvalue weighted by Crippen LogP contribution is 2.15. The number of carbonyl (C=O) groups excluding carboxylic acids is 3. The third kappa shape index (κ3) is 51.4. The second kappa shape index (κ2) is 53.2. The molecule has 6 heteroatoms. The van der Waals surface area contributed by atoms with Crippen LogP contribution in [0.2, 0.25) is 0 Å². The molecule has 372 valence electrons. The van der Waals surface area contributed by atoms with E-state index in [4.69, 9.17) is 14.2 Å². The first-order chi connectivity index (χ1) is 32.0. The summed E-state index contributed by atoms with van der Waals surface area (Å²) in [5.74, 6) is -0.926. The van der Waals surface area contributed by atoms with Gasteiger partial charge in [0.2, 0.25) is 0 Å². The maximum Gasteiger partial charge on any atom is 0.306 e. The first-order valence-electron chi connectivity index (χ1n) is 27.2. The van der Waals surface area contributed by atoms with E-state index in [2.05, 4.69) is 106 Å². The predicted octanol–water partition coefficient (Wildman–Crippen LogP) is 18.0. The van der Waals surface area contributed by atoms with Crippen molar-refractivity contribution in [3.05, 3.63) is 85.1 Å². The largest absolute Gasteiger partial charge is 0.462 e. The van der Waals surface area contributed by atoms with Gasteiger partial charge in [0, 0.05) is 19.3 Å². The fourth-order valence-electron chi connectivity index (χ4n) is 7.44. The molecule has 0 saturated carbocycles. The van der Waals surface area contributed by atoms with Gasteiger partial charge in [0.15, 0.2) is 6.10 Å². The number of carbonyl (C=O) groups is 3. The zero-order valence-corrected chi connectivity index (χ0v) is 42.5. The molecule has 0 aliphatic carbocycles. The molecular formula is C59H100O6. The number of allylic oxidation sites excluding steroid dienone is 14. The molecule has 1 atom stereocenters. The van der Waals surface area contributed by atoms with Crippen LogP contribution in [0.25, 0.3) is 0 Å². The van der Waals surface area contributed by atoms with Gasteiger partial charge in [0.25, 0.3) is 0 Å². The van der Waals surface area contributed by atoms with Crippen LogP contribution >= 0.6 is 0 Å². The summed E-state index contributed by atoms with van der Waals surface area (Å²) in [6.45, 7) is 6.35. The van der Waals surface area contributed by atoms with Crippen LogP contribution in [0.4, 0.5) is 0 Å². The summed E-state index contributed by atoms with van der Waals surface area (Å²) in [6, 6.07) is 0. The molecule has 6 nitrogen and oxygen atoms in total. The molecule has 1 unspecified atom stereocenters. The smallest absolute Gasteiger partial charge is 0.306 e. The maximum atomic E-state index is 12.8. The molecule has 0 rings (SSSR count). The van der Waals surface area contributed by atoms with Crippen LogP contribution in [-0.2, 0) is 28.6 Å². The molecule has 0 bridgehead atoms. The van der Waals surface area contributed by atoms with E-state index in [0.717, 1.165) is 96.3 Å². The Morgan fingerprint density at radius 2 is 0.615 bits per heavy atom. The Balaban J connectivity index is 4.39. The van der Waals surface area contributed by atoms with E-state index in [1.165, 1.54) is 116 Å². The van der Waals surface area contributed by atoms with E-state index in [1.54, 1.807) is 0 Å². The van der Waals surface area contributed by atoms with Crippen molar-refractivity contribution < 1.29 is 28.6 Å². The minimum Gasteiger partial charge on any atom is -0.462 e. The van der Waals surface area contributed by atoms with Crippen LogP contribution in [0.3, 0.4) is 0 Å². The van der Waals surface area contributed by atoms with Gasteiger partial charge < -0.3 is 14.2 Å². The molecule has 0 amide bonds. The van der Waals surface area contributed by atoms with Crippen molar-refractivity contribution >= 4 is 17.9 Å². The quantitative estimate of drug-likeness (QED) is 0.0199. The molecule has 0 aliphatic rings. The van der Waals surface area contributed by atoms with Gasteiger partial charge in [-0.2, -0.15) is 0 Å². The number of rotatable bonds is 48. The molecule has 0 aromatic rings. The second-order valence-corrected chi connectivity index (χ2v) is 17.8. The van der Waals surface area contributed by atoms with Gasteiger partial charge in [-0.1, -0.05) is 234 Å². The first-order valence-corrected chi connectivity index (χ1v) is 27.2. The van der Waals surface area contributed by atoms with Gasteiger partial charge >= 0.3 is 17.9 Å². The average molecular weight is 905 g/mol. The van der Waals surface area contributed by atoms with Crippen molar-refractivity contribution in [1.29, 1.82) is 0 Å². The molecule has 0 heterocycles. The fraction of sp³-hybridized carbons (Fsp3) is 0.712. The van der Waals surface area contributed by atoms with Crippen LogP contribution < -0.4 is 0 Å². The SMILES string of the molecule is CC\C=C/C=C\C=C/CCCCCCCCCC(=O)OC(COC(=O)CCCCCCC\C=C/C=C\C=C/CC)COC(=O)CCCCCCCCC/C=C\CCCCCCCCCC. The Labute approximate surface area is 401 Å². The minimum absolute atomic E-state index is 0.0908. The standard InChI is InChI=1S/C59H100O6/c1-4-7-10-13-16-19-22-25-27-28-29-30-32-34-37-40-43-46-49-52-58(61)64-55-56(54-63-57(60)51-48-45-42-39-36-33-24-21-18-15-12-9-6-3)65-59(62)53-50-47-44-41-38-35-31-26-23-20-17-14-11-8-5-2/h8-9,11-12,14-15,17-18,20-21,23-24,28-29,56H,4-7,10,13,16,19,22,25-27,30-55H2,1-3H3/b11-8-,12-9-,17-14-,18-15-,23-20-,24-21-,29-28-. The van der Waals surface area contributed by atoms with E-state index < -0.39 is 6.10 Å². The monoisotopic (exact) mass is 905 g/mol. The van der Waals surface area contributed by atoms with Gasteiger partial charge in [0.1, 0.15) is 13.2 Å². The van der Waals surface area contributed by atoms with Crippen LogP contribution in [0.1, 0.15) is 252 Å². The van der Waals surface area contributed by atoms with Crippen molar-refractivity contribution in [1.82, 2.24) is 0 Å². The van der Waals surface area contributed by atoms with Crippen molar-refractivity contribution in [2.45, 2.75) is 258 Å². The normalized spacial score (nSPS) is 12.7. The molecule has 0 aromatic carbocycles. The Morgan fingerprint density at radius 3 is 0.969 bits per heavy atom. The third-order valence-corrected chi connectivity index (χ3v) is 11.5. The molecule has 0 aliphatic heterocycles. The van der Waals surface area contributed by atoms with Crippen LogP contribution in [0.15, 0.2) is 85.1 Å². The molecule has 0 saturated heterocycles. The first kappa shape index (κ1) is 61.6. The van der Waals surface area contributed by atoms with E-state index in [-0.39, 0.29) is 31.1 Å². The minimum atomic E-state index is -0.793. The van der Waals surface area contributed by atoms with Crippen molar-refractivity contribution in [3.8, 4) is 0 Å². The highest BCUT2D eigenvalue weighted by atomic mass is 16.6. The Bertz CT molecular complexity index is 1270. The average Bonchev–Trinajstić information content (AvgIpc) is 3.30. The zero-order valence-electron chi connectivity index (χ0n) is 42.5. The van der Waals surface area contributed by atoms with E-state index >= 15 is 0 Å². The van der Waals surface area contributed by atoms with E-state index in [9.17, 15) is 14.4 Å². The molecule has 0 aromatic heterocycles. The highest BCUT2D eigenvalue weighted by molar-refractivity contribution is 5.71. The summed E-state index contributed by atoms with van der Waals surface area (Å²) < 4.78 is 16.8. The van der Waals surface area contributed by atoms with Gasteiger partial charge in [-0.3, -0.25) is 14.4 Å². The summed E-state index contributed by atoms with van der Waals surface area (Å²) >= 11 is 0. The Kier molecular flexibility index (Phi) is 50.4. The van der Waals surface area contributed by atoms with Crippen molar-refractivity contribution in [3.63, 3.8) is 0 Å². The summed E-state index contributed by atoms with van der Waals surface area (Å²) in [4.78, 5) is 38.1. The van der Waals surface area contributed by atoms with E-state index in [1.807, 2.05) is 0 Å². The molecule has 0 N–H and O–H groups in total. The van der Waals surface area contributed by atoms with Crippen LogP contribution in [0, 0.1) is 0 Å². The third-order valence-electron chi connectivity index (χ3n) is 11.5. The zero-order chi connectivity index (χ0) is 47.2. The summed E-state index contributed by atoms with van der Waals surface area (Å²) in [7, 11) is 0. The predicted molar refractivity (Wildman–Crippen MR) is 279 cm³/mol. The summed E-state index contributed by atoms with van der Waals surface area (Å²) in [5.41, 5.74) is 0. The van der Waals surface area contributed by atoms with Crippen LogP contribution in [0.5, 0.6) is 0 Å². The number of hydrogen-bond acceptors (Lipinski definition) is 6. The number of unbranched alkanes of at least 4 members (excludes halogenated alkanes) is 27. The Morgan fingerprint density at radius 1 is 0.323 bits per heavy atom. The lowest BCUT2D eigenvalue weighted by Crippen LogP contribution is -2.30. The molecular weight excluding hydrogens is 805 g/mol. The second-order valence-electron chi connectivity index (χ2n) is 17.8. The van der Waals surface area contributed by atoms with Gasteiger partial charge in [-0.15, -0.1) is 0 Å². The molecule has 0 spiro atoms. The number of ether oxygens (including phenoxy) is 3. The fourth-order valence-corrected chi connectivity index (χ4v) is 7.44. The van der Waals surface area contributed by atoms with Gasteiger partial charge in [0.05, 0.1) is 0 Å². The number of hydrogen-bond donors (Lipinski definition) is 0. The molecule has 0 radical (unpaired) electrons. The molecule has 0 fully saturated rings. The lowest BCUT2D eigenvalue weighted by molar-refractivity contribution is -0.167. The van der Waals surface area contributed by atoms with Gasteiger partial charge in [-0.05, 0) is 83.5 Å². The maximum absolute atomic E-state index is 12.8. The summed E-state index contributed by atoms with van der Waals surface area (Å²) in [5, 5.41) is 0. The lowest BCUT2D eigenvalue weighted by atomic mass is 10.1.